The number of aliphatic hydroxyl groups is 1. The zero-order valence-electron chi connectivity index (χ0n) is 8.42. The highest BCUT2D eigenvalue weighted by Crippen LogP contribution is 2.21. The average Bonchev–Trinajstić information content (AvgIpc) is 2.67. The molecule has 0 heterocycles. The van der Waals surface area contributed by atoms with E-state index in [2.05, 4.69) is 5.32 Å². The van der Waals surface area contributed by atoms with Crippen molar-refractivity contribution >= 4 is 5.91 Å². The number of alkyl halides is 3. The van der Waals surface area contributed by atoms with Crippen LogP contribution in [0.3, 0.4) is 0 Å². The summed E-state index contributed by atoms with van der Waals surface area (Å²) in [6, 6.07) is -1.28. The highest BCUT2D eigenvalue weighted by atomic mass is 19.4. The molecule has 16 heavy (non-hydrogen) atoms. The molecule has 0 fully saturated rings. The zero-order valence-corrected chi connectivity index (χ0v) is 8.42. The monoisotopic (exact) mass is 235 g/mol. The summed E-state index contributed by atoms with van der Waals surface area (Å²) in [6.45, 7) is -0.730. The van der Waals surface area contributed by atoms with Crippen LogP contribution in [0.1, 0.15) is 12.8 Å². The zero-order chi connectivity index (χ0) is 12.2. The van der Waals surface area contributed by atoms with Crippen molar-refractivity contribution in [1.82, 2.24) is 5.32 Å². The molecule has 2 N–H and O–H groups in total. The Morgan fingerprint density at radius 2 is 2.25 bits per heavy atom. The second-order valence-electron chi connectivity index (χ2n) is 3.50. The number of aliphatic hydroxyl groups excluding tert-OH is 1. The van der Waals surface area contributed by atoms with Crippen LogP contribution in [0, 0.1) is 0 Å². The van der Waals surface area contributed by atoms with Crippen LogP contribution in [0.5, 0.6) is 0 Å². The summed E-state index contributed by atoms with van der Waals surface area (Å²) in [5, 5.41) is 10.9. The van der Waals surface area contributed by atoms with Gasteiger partial charge in [-0.2, -0.15) is 13.2 Å². The number of carbonyl (C=O) groups is 1. The molecule has 1 amide bonds. The van der Waals surface area contributed by atoms with Gasteiger partial charge in [-0.25, -0.2) is 0 Å². The number of amides is 1. The van der Waals surface area contributed by atoms with E-state index in [-0.39, 0.29) is 0 Å². The van der Waals surface area contributed by atoms with Gasteiger partial charge in [-0.3, -0.25) is 4.79 Å². The Morgan fingerprint density at radius 1 is 1.56 bits per heavy atom. The van der Waals surface area contributed by atoms with Crippen LogP contribution in [-0.4, -0.2) is 29.8 Å². The summed E-state index contributed by atoms with van der Waals surface area (Å²) in [4.78, 5) is 11.4. The van der Waals surface area contributed by atoms with Crippen LogP contribution in [0.25, 0.3) is 0 Å². The third kappa shape index (κ3) is 4.06. The Bertz CT molecular complexity index is 321. The van der Waals surface area contributed by atoms with Crippen molar-refractivity contribution in [3.63, 3.8) is 0 Å². The lowest BCUT2D eigenvalue weighted by Gasteiger charge is -2.18. The van der Waals surface area contributed by atoms with E-state index < -0.39 is 31.2 Å². The smallest absolute Gasteiger partial charge is 0.391 e. The molecule has 0 saturated carbocycles. The lowest BCUT2D eigenvalue weighted by Crippen LogP contribution is -2.41. The van der Waals surface area contributed by atoms with Crippen LogP contribution in [0.4, 0.5) is 13.2 Å². The molecule has 1 rings (SSSR count). The van der Waals surface area contributed by atoms with E-state index in [1.54, 1.807) is 12.2 Å². The van der Waals surface area contributed by atoms with Crippen molar-refractivity contribution < 1.29 is 23.1 Å². The van der Waals surface area contributed by atoms with Gasteiger partial charge in [0.1, 0.15) is 0 Å². The van der Waals surface area contributed by atoms with E-state index in [0.717, 1.165) is 0 Å². The predicted molar refractivity (Wildman–Crippen MR) is 51.5 cm³/mol. The fraction of sp³-hybridized carbons (Fsp3) is 0.500. The van der Waals surface area contributed by atoms with Gasteiger partial charge in [-0.1, -0.05) is 18.2 Å². The molecule has 0 aromatic carbocycles. The fourth-order valence-electron chi connectivity index (χ4n) is 1.33. The molecular weight excluding hydrogens is 223 g/mol. The summed E-state index contributed by atoms with van der Waals surface area (Å²) in [7, 11) is 0. The van der Waals surface area contributed by atoms with Crippen molar-refractivity contribution in [1.29, 1.82) is 0 Å². The van der Waals surface area contributed by atoms with Gasteiger partial charge in [0.2, 0.25) is 5.91 Å². The van der Waals surface area contributed by atoms with Crippen LogP contribution < -0.4 is 5.32 Å². The maximum Gasteiger partial charge on any atom is 0.391 e. The van der Waals surface area contributed by atoms with E-state index in [1.807, 2.05) is 0 Å². The summed E-state index contributed by atoms with van der Waals surface area (Å²) >= 11 is 0. The van der Waals surface area contributed by atoms with Crippen LogP contribution >= 0.6 is 0 Å². The van der Waals surface area contributed by atoms with Gasteiger partial charge in [0.25, 0.3) is 0 Å². The minimum Gasteiger partial charge on any atom is -0.394 e. The number of hydrogen-bond donors (Lipinski definition) is 2. The van der Waals surface area contributed by atoms with E-state index in [1.165, 1.54) is 6.08 Å². The largest absolute Gasteiger partial charge is 0.394 e. The molecule has 1 aliphatic carbocycles. The summed E-state index contributed by atoms with van der Waals surface area (Å²) in [5.74, 6) is -0.562. The third-order valence-corrected chi connectivity index (χ3v) is 2.10. The molecule has 0 aromatic heterocycles. The molecule has 0 aromatic rings. The van der Waals surface area contributed by atoms with E-state index in [9.17, 15) is 18.0 Å². The van der Waals surface area contributed by atoms with Gasteiger partial charge in [0.15, 0.2) is 0 Å². The molecule has 0 bridgehead atoms. The fourth-order valence-corrected chi connectivity index (χ4v) is 1.33. The SMILES string of the molecule is O=C(N[C@H](CO)CC(F)(F)F)C1=CC=CC1. The van der Waals surface area contributed by atoms with Crippen molar-refractivity contribution in [3.05, 3.63) is 23.8 Å². The number of allylic oxidation sites excluding steroid dienone is 3. The first kappa shape index (κ1) is 12.8. The topological polar surface area (TPSA) is 49.3 Å². The minimum atomic E-state index is -4.40. The van der Waals surface area contributed by atoms with Crippen molar-refractivity contribution in [2.45, 2.75) is 25.1 Å². The molecule has 3 nitrogen and oxygen atoms in total. The highest BCUT2D eigenvalue weighted by Gasteiger charge is 2.32. The average molecular weight is 235 g/mol. The predicted octanol–water partition coefficient (Wildman–Crippen LogP) is 1.30. The van der Waals surface area contributed by atoms with E-state index in [0.29, 0.717) is 12.0 Å². The van der Waals surface area contributed by atoms with Crippen molar-refractivity contribution in [3.8, 4) is 0 Å². The quantitative estimate of drug-likeness (QED) is 0.771. The normalized spacial score (nSPS) is 17.1. The van der Waals surface area contributed by atoms with Gasteiger partial charge in [0, 0.05) is 5.57 Å². The molecule has 0 saturated heterocycles. The molecule has 0 spiro atoms. The number of nitrogens with one attached hydrogen (secondary N) is 1. The van der Waals surface area contributed by atoms with Crippen LogP contribution in [0.2, 0.25) is 0 Å². The minimum absolute atomic E-state index is 0.403. The van der Waals surface area contributed by atoms with E-state index in [4.69, 9.17) is 5.11 Å². The van der Waals surface area contributed by atoms with Gasteiger partial charge in [-0.15, -0.1) is 0 Å². The van der Waals surface area contributed by atoms with Gasteiger partial charge >= 0.3 is 6.18 Å². The standard InChI is InChI=1S/C10H12F3NO2/c11-10(12,13)5-8(6-15)14-9(16)7-3-1-2-4-7/h1-3,8,15H,4-6H2,(H,14,16)/t8-/m0/s1. The number of halogens is 3. The lowest BCUT2D eigenvalue weighted by molar-refractivity contribution is -0.144. The van der Waals surface area contributed by atoms with E-state index >= 15 is 0 Å². The second-order valence-corrected chi connectivity index (χ2v) is 3.50. The molecule has 1 atom stereocenters. The van der Waals surface area contributed by atoms with Crippen LogP contribution in [-0.2, 0) is 4.79 Å². The molecule has 6 heteroatoms. The third-order valence-electron chi connectivity index (χ3n) is 2.10. The Kier molecular flexibility index (Phi) is 4.12. The van der Waals surface area contributed by atoms with Gasteiger partial charge in [-0.05, 0) is 6.42 Å². The van der Waals surface area contributed by atoms with Gasteiger partial charge < -0.3 is 10.4 Å². The number of hydrogen-bond acceptors (Lipinski definition) is 2. The van der Waals surface area contributed by atoms with Crippen LogP contribution in [0.15, 0.2) is 23.8 Å². The Labute approximate surface area is 90.6 Å². The van der Waals surface area contributed by atoms with Gasteiger partial charge in [0.05, 0.1) is 19.1 Å². The Hall–Kier alpha value is -1.30. The maximum absolute atomic E-state index is 12.0. The highest BCUT2D eigenvalue weighted by molar-refractivity contribution is 5.94. The summed E-state index contributed by atoms with van der Waals surface area (Å²) < 4.78 is 36.1. The summed E-state index contributed by atoms with van der Waals surface area (Å²) in [5.41, 5.74) is 0.403. The van der Waals surface area contributed by atoms with Crippen molar-refractivity contribution in [2.75, 3.05) is 6.61 Å². The molecular formula is C10H12F3NO2. The molecule has 0 unspecified atom stereocenters. The first-order valence-corrected chi connectivity index (χ1v) is 4.76. The first-order valence-electron chi connectivity index (χ1n) is 4.76. The molecule has 1 aliphatic rings. The molecule has 0 aliphatic heterocycles. The Morgan fingerprint density at radius 3 is 2.69 bits per heavy atom. The summed E-state index contributed by atoms with van der Waals surface area (Å²) in [6.07, 6.45) is -0.286. The number of carbonyl (C=O) groups excluding carboxylic acids is 1. The molecule has 90 valence electrons. The lowest BCUT2D eigenvalue weighted by atomic mass is 10.1. The Balaban J connectivity index is 2.47. The number of rotatable bonds is 4. The first-order chi connectivity index (χ1) is 7.42. The second kappa shape index (κ2) is 5.16. The van der Waals surface area contributed by atoms with Crippen molar-refractivity contribution in [2.24, 2.45) is 0 Å². The molecule has 0 radical (unpaired) electrons. The maximum atomic E-state index is 12.0.